The summed E-state index contributed by atoms with van der Waals surface area (Å²) in [4.78, 5) is 37.9. The Morgan fingerprint density at radius 2 is 0.744 bits per heavy atom. The molecule has 86 heavy (non-hydrogen) atoms. The molecule has 0 bridgehead atoms. The minimum Gasteiger partial charge on any atom is -0.456 e. The average molecular weight is 1220 g/mol. The van der Waals surface area contributed by atoms with Gasteiger partial charge in [-0.1, -0.05) is 305 Å². The molecule has 0 aromatic heterocycles. The van der Waals surface area contributed by atoms with E-state index in [1.807, 2.05) is 33.3 Å². The number of nitrogens with zero attached hydrogens (tertiary/aromatic N) is 1. The van der Waals surface area contributed by atoms with Crippen molar-refractivity contribution in [2.45, 2.75) is 348 Å². The number of likely N-dealkylation sites (N-methyl/N-ethyl adjacent to an activating group) is 1. The van der Waals surface area contributed by atoms with Crippen molar-refractivity contribution in [3.63, 3.8) is 0 Å². The highest BCUT2D eigenvalue weighted by Gasteiger charge is 2.30. The quantitative estimate of drug-likeness (QED) is 0.0205. The van der Waals surface area contributed by atoms with Crippen LogP contribution in [0, 0.1) is 0 Å². The summed E-state index contributed by atoms with van der Waals surface area (Å²) in [6.07, 6.45) is 87.4. The standard InChI is InChI=1S/C76H139N2O7P/c1-7-10-13-16-19-22-25-28-30-32-34-36-38-39-41-42-44-46-48-50-53-56-59-62-65-68-75(79)77-73(72-84-86(81,82)83-71-70-78(4,5)6)74(67-64-61-58-55-52-27-24-21-18-15-12-9-3)85-76(80)69-66-63-60-57-54-51-49-47-45-43-40-37-35-33-31-29-26-23-20-17-14-11-8-2/h11,14,20,23,28-31,35,37,43,45,64,67,73-74H,7-10,12-13,15-19,21-22,24-27,32-34,36,38-42,44,46-63,65-66,68-72H2,1-6H3,(H-,77,79,81,82)/p+1/b14-11-,23-20-,30-28+,31-29-,37-35-,45-43-,67-64+. The molecule has 10 heteroatoms. The molecule has 0 aromatic rings. The predicted octanol–water partition coefficient (Wildman–Crippen LogP) is 23.3. The number of allylic oxidation sites excluding steroid dienone is 13. The van der Waals surface area contributed by atoms with E-state index in [0.717, 1.165) is 103 Å². The molecule has 1 amide bonds. The van der Waals surface area contributed by atoms with Crippen LogP contribution in [0.4, 0.5) is 0 Å². The molecular formula is C76H140N2O7P+. The van der Waals surface area contributed by atoms with E-state index in [4.69, 9.17) is 13.8 Å². The van der Waals surface area contributed by atoms with Gasteiger partial charge in [-0.05, 0) is 102 Å². The topological polar surface area (TPSA) is 111 Å². The lowest BCUT2D eigenvalue weighted by Crippen LogP contribution is -2.47. The van der Waals surface area contributed by atoms with Crippen LogP contribution in [0.5, 0.6) is 0 Å². The first-order valence-electron chi connectivity index (χ1n) is 36.4. The SMILES string of the molecule is CC/C=C\C/C=C\C/C=C\C/C=C\C/C=C\CCCCCCCCCC(=O)OC(/C=C/CCCCCCCCCCCC)C(COP(=O)(O)OCC[N+](C)(C)C)NC(=O)CCCCCCCCCCCCCCCCC/C=C/CCCCCCCC. The number of ether oxygens (including phenoxy) is 1. The Morgan fingerprint density at radius 3 is 1.13 bits per heavy atom. The maximum Gasteiger partial charge on any atom is 0.472 e. The number of phosphoric acid groups is 1. The molecule has 0 fully saturated rings. The number of rotatable bonds is 66. The van der Waals surface area contributed by atoms with E-state index in [2.05, 4.69) is 99.0 Å². The first kappa shape index (κ1) is 83.2. The van der Waals surface area contributed by atoms with Crippen LogP contribution in [0.25, 0.3) is 0 Å². The summed E-state index contributed by atoms with van der Waals surface area (Å²) in [7, 11) is 1.49. The smallest absolute Gasteiger partial charge is 0.456 e. The van der Waals surface area contributed by atoms with Gasteiger partial charge in [0.1, 0.15) is 19.3 Å². The summed E-state index contributed by atoms with van der Waals surface area (Å²) in [6.45, 7) is 6.92. The molecule has 0 saturated carbocycles. The van der Waals surface area contributed by atoms with Crippen molar-refractivity contribution in [2.75, 3.05) is 40.9 Å². The number of hydrogen-bond acceptors (Lipinski definition) is 6. The van der Waals surface area contributed by atoms with Crippen molar-refractivity contribution in [3.8, 4) is 0 Å². The maximum absolute atomic E-state index is 13.6. The van der Waals surface area contributed by atoms with Crippen LogP contribution in [0.3, 0.4) is 0 Å². The average Bonchev–Trinajstić information content (AvgIpc) is 3.69. The highest BCUT2D eigenvalue weighted by atomic mass is 31.2. The molecule has 0 radical (unpaired) electrons. The van der Waals surface area contributed by atoms with Gasteiger partial charge in [-0.2, -0.15) is 0 Å². The zero-order chi connectivity index (χ0) is 62.8. The maximum atomic E-state index is 13.6. The number of nitrogens with one attached hydrogen (secondary N) is 1. The van der Waals surface area contributed by atoms with Crippen LogP contribution in [0.1, 0.15) is 335 Å². The number of hydrogen-bond donors (Lipinski definition) is 2. The zero-order valence-corrected chi connectivity index (χ0v) is 58.2. The summed E-state index contributed by atoms with van der Waals surface area (Å²) in [5.41, 5.74) is 0. The molecule has 3 atom stereocenters. The van der Waals surface area contributed by atoms with Crippen LogP contribution in [0.15, 0.2) is 85.1 Å². The van der Waals surface area contributed by atoms with Crippen molar-refractivity contribution < 1.29 is 37.3 Å². The Kier molecular flexibility index (Phi) is 63.0. The van der Waals surface area contributed by atoms with Gasteiger partial charge in [0, 0.05) is 12.8 Å². The normalized spacial score (nSPS) is 14.0. The zero-order valence-electron chi connectivity index (χ0n) is 57.3. The van der Waals surface area contributed by atoms with Crippen LogP contribution >= 0.6 is 7.82 Å². The first-order valence-corrected chi connectivity index (χ1v) is 37.9. The Bertz CT molecular complexity index is 1750. The van der Waals surface area contributed by atoms with Gasteiger partial charge in [-0.15, -0.1) is 0 Å². The molecular weight excluding hydrogens is 1080 g/mol. The lowest BCUT2D eigenvalue weighted by atomic mass is 10.0. The van der Waals surface area contributed by atoms with Crippen LogP contribution in [-0.2, 0) is 27.9 Å². The Hall–Kier alpha value is -2.81. The molecule has 0 aliphatic carbocycles. The largest absolute Gasteiger partial charge is 0.472 e. The number of phosphoric ester groups is 1. The van der Waals surface area contributed by atoms with Crippen LogP contribution in [0.2, 0.25) is 0 Å². The van der Waals surface area contributed by atoms with Gasteiger partial charge in [0.2, 0.25) is 5.91 Å². The van der Waals surface area contributed by atoms with E-state index in [0.29, 0.717) is 17.4 Å². The first-order chi connectivity index (χ1) is 41.9. The molecule has 0 aliphatic rings. The van der Waals surface area contributed by atoms with E-state index in [1.54, 1.807) is 0 Å². The van der Waals surface area contributed by atoms with E-state index in [-0.39, 0.29) is 31.5 Å². The molecule has 0 aliphatic heterocycles. The molecule has 0 rings (SSSR count). The molecule has 0 saturated heterocycles. The van der Waals surface area contributed by atoms with Gasteiger partial charge >= 0.3 is 13.8 Å². The number of amides is 1. The Labute approximate surface area is 533 Å². The third-order valence-corrected chi connectivity index (χ3v) is 17.1. The molecule has 9 nitrogen and oxygen atoms in total. The second kappa shape index (κ2) is 65.2. The number of carbonyl (C=O) groups is 2. The van der Waals surface area contributed by atoms with E-state index in [1.165, 1.54) is 199 Å². The highest BCUT2D eigenvalue weighted by molar-refractivity contribution is 7.47. The van der Waals surface area contributed by atoms with E-state index < -0.39 is 20.0 Å². The fourth-order valence-corrected chi connectivity index (χ4v) is 11.2. The fourth-order valence-electron chi connectivity index (χ4n) is 10.5. The summed E-state index contributed by atoms with van der Waals surface area (Å²) < 4.78 is 30.8. The molecule has 0 heterocycles. The molecule has 0 spiro atoms. The van der Waals surface area contributed by atoms with Crippen LogP contribution in [-0.4, -0.2) is 74.3 Å². The molecule has 0 aromatic carbocycles. The third kappa shape index (κ3) is 65.6. The van der Waals surface area contributed by atoms with Crippen molar-refractivity contribution in [3.05, 3.63) is 85.1 Å². The number of quaternary nitrogens is 1. The lowest BCUT2D eigenvalue weighted by molar-refractivity contribution is -0.870. The monoisotopic (exact) mass is 1220 g/mol. The van der Waals surface area contributed by atoms with Crippen molar-refractivity contribution in [2.24, 2.45) is 0 Å². The molecule has 3 unspecified atom stereocenters. The molecule has 500 valence electrons. The van der Waals surface area contributed by atoms with E-state index >= 15 is 0 Å². The fraction of sp³-hybridized carbons (Fsp3) is 0.789. The number of carbonyl (C=O) groups excluding carboxylic acids is 2. The van der Waals surface area contributed by atoms with Gasteiger partial charge in [-0.3, -0.25) is 18.6 Å². The minimum absolute atomic E-state index is 0.0364. The second-order valence-electron chi connectivity index (χ2n) is 25.7. The Balaban J connectivity index is 5.05. The van der Waals surface area contributed by atoms with Crippen molar-refractivity contribution >= 4 is 19.7 Å². The highest BCUT2D eigenvalue weighted by Crippen LogP contribution is 2.43. The van der Waals surface area contributed by atoms with Gasteiger partial charge < -0.3 is 19.4 Å². The predicted molar refractivity (Wildman–Crippen MR) is 374 cm³/mol. The summed E-state index contributed by atoms with van der Waals surface area (Å²) in [5, 5.41) is 3.07. The van der Waals surface area contributed by atoms with Gasteiger partial charge in [0.05, 0.1) is 33.8 Å². The van der Waals surface area contributed by atoms with Gasteiger partial charge in [0.25, 0.3) is 0 Å². The van der Waals surface area contributed by atoms with Gasteiger partial charge in [-0.25, -0.2) is 4.57 Å². The van der Waals surface area contributed by atoms with Crippen molar-refractivity contribution in [1.82, 2.24) is 5.32 Å². The second-order valence-corrected chi connectivity index (χ2v) is 27.2. The molecule has 2 N–H and O–H groups in total. The van der Waals surface area contributed by atoms with Gasteiger partial charge in [0.15, 0.2) is 0 Å². The summed E-state index contributed by atoms with van der Waals surface area (Å²) >= 11 is 0. The minimum atomic E-state index is -4.46. The van der Waals surface area contributed by atoms with Crippen LogP contribution < -0.4 is 5.32 Å². The summed E-state index contributed by atoms with van der Waals surface area (Å²) in [6, 6.07) is -0.857. The lowest BCUT2D eigenvalue weighted by Gasteiger charge is -2.27. The number of esters is 1. The third-order valence-electron chi connectivity index (χ3n) is 16.1. The summed E-state index contributed by atoms with van der Waals surface area (Å²) in [5.74, 6) is -0.509. The number of unbranched alkanes of at least 4 members (excludes halogenated alkanes) is 38. The van der Waals surface area contributed by atoms with E-state index in [9.17, 15) is 19.0 Å². The Morgan fingerprint density at radius 1 is 0.419 bits per heavy atom. The van der Waals surface area contributed by atoms with Crippen molar-refractivity contribution in [1.29, 1.82) is 0 Å².